The van der Waals surface area contributed by atoms with Crippen LogP contribution in [0.5, 0.6) is 0 Å². The molecule has 3 rings (SSSR count). The van der Waals surface area contributed by atoms with E-state index in [9.17, 15) is 4.79 Å². The molecule has 2 heterocycles. The molecule has 0 spiro atoms. The fraction of sp³-hybridized carbons (Fsp3) is 0.429. The predicted octanol–water partition coefficient (Wildman–Crippen LogP) is 3.27. The number of aromatic amines is 1. The SMILES string of the molecule is CCCC.Cc1cc2cn(-c3ccc(CNCCCN)cc3)c(=O)nc2[nH]1. The average molecular weight is 370 g/mol. The summed E-state index contributed by atoms with van der Waals surface area (Å²) in [6, 6.07) is 9.89. The third kappa shape index (κ3) is 6.05. The fourth-order valence-corrected chi connectivity index (χ4v) is 2.55. The van der Waals surface area contributed by atoms with E-state index in [0.717, 1.165) is 36.3 Å². The van der Waals surface area contributed by atoms with Crippen molar-refractivity contribution in [3.8, 4) is 5.69 Å². The Kier molecular flexibility index (Phi) is 8.23. The van der Waals surface area contributed by atoms with E-state index in [1.165, 1.54) is 18.4 Å². The first-order valence-corrected chi connectivity index (χ1v) is 9.68. The largest absolute Gasteiger partial charge is 0.354 e. The molecule has 0 radical (unpaired) electrons. The quantitative estimate of drug-likeness (QED) is 0.558. The summed E-state index contributed by atoms with van der Waals surface area (Å²) in [5.41, 5.74) is 8.79. The third-order valence-corrected chi connectivity index (χ3v) is 4.24. The molecule has 0 aliphatic carbocycles. The van der Waals surface area contributed by atoms with Gasteiger partial charge in [-0.2, -0.15) is 4.98 Å². The van der Waals surface area contributed by atoms with Crippen LogP contribution in [0.3, 0.4) is 0 Å². The Hall–Kier alpha value is -2.44. The number of hydrogen-bond donors (Lipinski definition) is 3. The van der Waals surface area contributed by atoms with Gasteiger partial charge >= 0.3 is 5.69 Å². The first-order chi connectivity index (χ1) is 13.1. The highest BCUT2D eigenvalue weighted by Crippen LogP contribution is 2.13. The lowest BCUT2D eigenvalue weighted by Crippen LogP contribution is -2.20. The number of nitrogens with two attached hydrogens (primary N) is 1. The summed E-state index contributed by atoms with van der Waals surface area (Å²) in [7, 11) is 0. The standard InChI is InChI=1S/C17H21N5O.C4H10/c1-12-9-14-11-22(17(23)21-16(14)20-12)15-5-3-13(4-6-15)10-19-8-2-7-18;1-3-4-2/h3-6,9,11,19H,2,7-8,10,18H2,1H3,(H,20,21,23);3-4H2,1-2H3. The lowest BCUT2D eigenvalue weighted by Gasteiger charge is -2.07. The molecule has 0 saturated heterocycles. The second-order valence-electron chi connectivity index (χ2n) is 6.64. The average Bonchev–Trinajstić information content (AvgIpc) is 3.04. The monoisotopic (exact) mass is 369 g/mol. The Morgan fingerprint density at radius 2 is 1.89 bits per heavy atom. The van der Waals surface area contributed by atoms with Crippen molar-refractivity contribution in [2.45, 2.75) is 46.6 Å². The maximum Gasteiger partial charge on any atom is 0.354 e. The van der Waals surface area contributed by atoms with Crippen molar-refractivity contribution in [1.82, 2.24) is 19.9 Å². The summed E-state index contributed by atoms with van der Waals surface area (Å²) < 4.78 is 1.57. The smallest absolute Gasteiger partial charge is 0.343 e. The first-order valence-electron chi connectivity index (χ1n) is 9.68. The van der Waals surface area contributed by atoms with Crippen molar-refractivity contribution >= 4 is 11.0 Å². The Balaban J connectivity index is 0.000000596. The number of aryl methyl sites for hydroxylation is 1. The number of nitrogens with zero attached hydrogens (tertiary/aromatic N) is 2. The fourth-order valence-electron chi connectivity index (χ4n) is 2.55. The van der Waals surface area contributed by atoms with Crippen LogP contribution in [0, 0.1) is 6.92 Å². The van der Waals surface area contributed by atoms with E-state index in [1.54, 1.807) is 4.57 Å². The van der Waals surface area contributed by atoms with E-state index in [0.29, 0.717) is 12.2 Å². The molecular formula is C21H31N5O. The number of H-pyrrole nitrogens is 1. The molecule has 0 saturated carbocycles. The number of hydrogen-bond acceptors (Lipinski definition) is 4. The van der Waals surface area contributed by atoms with Crippen molar-refractivity contribution in [1.29, 1.82) is 0 Å². The molecule has 0 amide bonds. The van der Waals surface area contributed by atoms with E-state index in [-0.39, 0.29) is 5.69 Å². The van der Waals surface area contributed by atoms with Crippen molar-refractivity contribution in [2.75, 3.05) is 13.1 Å². The lowest BCUT2D eigenvalue weighted by atomic mass is 10.2. The van der Waals surface area contributed by atoms with Gasteiger partial charge in [0.05, 0.1) is 5.69 Å². The van der Waals surface area contributed by atoms with Crippen LogP contribution in [-0.2, 0) is 6.54 Å². The zero-order chi connectivity index (χ0) is 19.6. The molecule has 3 aromatic rings. The molecule has 0 fully saturated rings. The van der Waals surface area contributed by atoms with E-state index in [4.69, 9.17) is 5.73 Å². The van der Waals surface area contributed by atoms with Crippen molar-refractivity contribution in [3.05, 3.63) is 58.3 Å². The Labute approximate surface area is 160 Å². The molecule has 27 heavy (non-hydrogen) atoms. The summed E-state index contributed by atoms with van der Waals surface area (Å²) in [6.07, 6.45) is 5.43. The first kappa shape index (κ1) is 20.9. The van der Waals surface area contributed by atoms with Crippen LogP contribution in [0.25, 0.3) is 16.7 Å². The second kappa shape index (κ2) is 10.6. The van der Waals surface area contributed by atoms with Gasteiger partial charge in [-0.15, -0.1) is 0 Å². The Morgan fingerprint density at radius 1 is 1.19 bits per heavy atom. The van der Waals surface area contributed by atoms with Crippen LogP contribution in [0.2, 0.25) is 0 Å². The van der Waals surface area contributed by atoms with Crippen LogP contribution < -0.4 is 16.7 Å². The van der Waals surface area contributed by atoms with Gasteiger partial charge in [0.25, 0.3) is 0 Å². The van der Waals surface area contributed by atoms with Gasteiger partial charge in [0.2, 0.25) is 0 Å². The Bertz CT molecular complexity index is 878. The van der Waals surface area contributed by atoms with E-state index in [2.05, 4.69) is 29.1 Å². The molecule has 2 aromatic heterocycles. The maximum absolute atomic E-state index is 12.2. The maximum atomic E-state index is 12.2. The van der Waals surface area contributed by atoms with E-state index < -0.39 is 0 Å². The number of benzene rings is 1. The van der Waals surface area contributed by atoms with Gasteiger partial charge in [0.15, 0.2) is 0 Å². The van der Waals surface area contributed by atoms with Gasteiger partial charge in [-0.05, 0) is 50.2 Å². The lowest BCUT2D eigenvalue weighted by molar-refractivity contribution is 0.655. The molecule has 0 aliphatic rings. The van der Waals surface area contributed by atoms with E-state index >= 15 is 0 Å². The minimum atomic E-state index is -0.284. The molecule has 1 aromatic carbocycles. The summed E-state index contributed by atoms with van der Waals surface area (Å²) in [4.78, 5) is 19.4. The molecule has 0 bridgehead atoms. The predicted molar refractivity (Wildman–Crippen MR) is 112 cm³/mol. The van der Waals surface area contributed by atoms with Crippen LogP contribution in [0.15, 0.2) is 41.3 Å². The van der Waals surface area contributed by atoms with Crippen LogP contribution in [-0.4, -0.2) is 27.6 Å². The molecular weight excluding hydrogens is 338 g/mol. The van der Waals surface area contributed by atoms with Gasteiger partial charge in [0, 0.05) is 23.8 Å². The second-order valence-corrected chi connectivity index (χ2v) is 6.64. The number of rotatable bonds is 7. The van der Waals surface area contributed by atoms with Crippen LogP contribution in [0.4, 0.5) is 0 Å². The van der Waals surface area contributed by atoms with Crippen LogP contribution >= 0.6 is 0 Å². The summed E-state index contributed by atoms with van der Waals surface area (Å²) in [5.74, 6) is 0. The third-order valence-electron chi connectivity index (χ3n) is 4.24. The van der Waals surface area contributed by atoms with Crippen molar-refractivity contribution in [3.63, 3.8) is 0 Å². The topological polar surface area (TPSA) is 88.7 Å². The molecule has 0 unspecified atom stereocenters. The molecule has 0 aliphatic heterocycles. The van der Waals surface area contributed by atoms with Gasteiger partial charge in [-0.1, -0.05) is 38.8 Å². The summed E-state index contributed by atoms with van der Waals surface area (Å²) >= 11 is 0. The zero-order valence-corrected chi connectivity index (χ0v) is 16.6. The highest BCUT2D eigenvalue weighted by molar-refractivity contribution is 5.75. The Morgan fingerprint density at radius 3 is 2.52 bits per heavy atom. The normalized spacial score (nSPS) is 10.7. The van der Waals surface area contributed by atoms with Crippen LogP contribution in [0.1, 0.15) is 44.4 Å². The summed E-state index contributed by atoms with van der Waals surface area (Å²) in [6.45, 7) is 8.71. The molecule has 146 valence electrons. The van der Waals surface area contributed by atoms with Crippen molar-refractivity contribution in [2.24, 2.45) is 5.73 Å². The minimum absolute atomic E-state index is 0.284. The van der Waals surface area contributed by atoms with Gasteiger partial charge in [0.1, 0.15) is 5.65 Å². The number of unbranched alkanes of at least 4 members (excludes halogenated alkanes) is 1. The number of fused-ring (bicyclic) bond motifs is 1. The van der Waals surface area contributed by atoms with E-state index in [1.807, 2.05) is 43.5 Å². The molecule has 0 atom stereocenters. The van der Waals surface area contributed by atoms with Gasteiger partial charge in [-0.3, -0.25) is 4.57 Å². The zero-order valence-electron chi connectivity index (χ0n) is 16.6. The highest BCUT2D eigenvalue weighted by atomic mass is 16.1. The van der Waals surface area contributed by atoms with Crippen molar-refractivity contribution < 1.29 is 0 Å². The minimum Gasteiger partial charge on any atom is -0.343 e. The summed E-state index contributed by atoms with van der Waals surface area (Å²) in [5, 5.41) is 4.26. The molecule has 4 N–H and O–H groups in total. The number of aromatic nitrogens is 3. The number of nitrogens with one attached hydrogen (secondary N) is 2. The molecule has 6 heteroatoms. The molecule has 6 nitrogen and oxygen atoms in total. The highest BCUT2D eigenvalue weighted by Gasteiger charge is 2.06. The van der Waals surface area contributed by atoms with Gasteiger partial charge in [-0.25, -0.2) is 4.79 Å². The van der Waals surface area contributed by atoms with Gasteiger partial charge < -0.3 is 16.0 Å².